The molecule has 2 unspecified atom stereocenters. The number of benzene rings is 1. The zero-order valence-electron chi connectivity index (χ0n) is 17.8. The summed E-state index contributed by atoms with van der Waals surface area (Å²) in [5, 5.41) is 14.1. The van der Waals surface area contributed by atoms with Gasteiger partial charge in [0.15, 0.2) is 0 Å². The van der Waals surface area contributed by atoms with E-state index in [2.05, 4.69) is 43.8 Å². The summed E-state index contributed by atoms with van der Waals surface area (Å²) in [5.41, 5.74) is 9.73. The highest BCUT2D eigenvalue weighted by Gasteiger charge is 2.39. The summed E-state index contributed by atoms with van der Waals surface area (Å²) in [7, 11) is 0. The molecule has 0 spiro atoms. The molecule has 152 valence electrons. The van der Waals surface area contributed by atoms with Crippen molar-refractivity contribution < 1.29 is 4.74 Å². The van der Waals surface area contributed by atoms with Gasteiger partial charge in [0.1, 0.15) is 30.1 Å². The van der Waals surface area contributed by atoms with Crippen molar-refractivity contribution in [1.29, 1.82) is 5.26 Å². The van der Waals surface area contributed by atoms with Crippen molar-refractivity contribution in [3.05, 3.63) is 65.3 Å². The Hall–Kier alpha value is -3.07. The zero-order chi connectivity index (χ0) is 21.2. The fraction of sp³-hybridized carbons (Fsp3) is 0.435. The van der Waals surface area contributed by atoms with Crippen LogP contribution < -0.4 is 5.73 Å². The third kappa shape index (κ3) is 4.04. The first kappa shape index (κ1) is 20.7. The summed E-state index contributed by atoms with van der Waals surface area (Å²) in [4.78, 5) is 4.00. The van der Waals surface area contributed by atoms with Crippen LogP contribution in [-0.2, 0) is 4.74 Å². The summed E-state index contributed by atoms with van der Waals surface area (Å²) in [6.07, 6.45) is 5.24. The van der Waals surface area contributed by atoms with E-state index in [1.165, 1.54) is 6.33 Å². The summed E-state index contributed by atoms with van der Waals surface area (Å²) in [6, 6.07) is 10.4. The van der Waals surface area contributed by atoms with Crippen LogP contribution in [0.4, 0.5) is 0 Å². The number of rotatable bonds is 5. The van der Waals surface area contributed by atoms with Gasteiger partial charge in [0.05, 0.1) is 5.69 Å². The largest absolute Gasteiger partial charge is 0.445 e. The average molecular weight is 392 g/mol. The standard InChI is InChI=1S/C23H29N5O/c1-6-7-19(23(3,4)5)20-15(2)29-22(25)18(12-24)21(20)16-8-10-17(11-9-16)28-14-26-13-27-28/h8-11,13-14,19,21H,6-7,25H2,1-5H3. The number of allylic oxidation sites excluding steroid dienone is 3. The van der Waals surface area contributed by atoms with Gasteiger partial charge in [0.25, 0.3) is 0 Å². The molecule has 2 N–H and O–H groups in total. The van der Waals surface area contributed by atoms with Gasteiger partial charge in [-0.25, -0.2) is 9.67 Å². The van der Waals surface area contributed by atoms with E-state index < -0.39 is 0 Å². The number of nitrogens with zero attached hydrogens (tertiary/aromatic N) is 4. The number of hydrogen-bond donors (Lipinski definition) is 1. The fourth-order valence-corrected chi connectivity index (χ4v) is 4.20. The molecule has 0 aliphatic carbocycles. The maximum atomic E-state index is 9.90. The Morgan fingerprint density at radius 3 is 2.48 bits per heavy atom. The number of nitrogens with two attached hydrogens (primary N) is 1. The van der Waals surface area contributed by atoms with Gasteiger partial charge in [-0.3, -0.25) is 0 Å². The zero-order valence-corrected chi connectivity index (χ0v) is 17.8. The van der Waals surface area contributed by atoms with Gasteiger partial charge in [-0.1, -0.05) is 46.2 Å². The van der Waals surface area contributed by atoms with Gasteiger partial charge >= 0.3 is 0 Å². The second kappa shape index (κ2) is 8.12. The average Bonchev–Trinajstić information content (AvgIpc) is 3.20. The smallest absolute Gasteiger partial charge is 0.205 e. The van der Waals surface area contributed by atoms with E-state index in [0.717, 1.165) is 35.4 Å². The van der Waals surface area contributed by atoms with Crippen LogP contribution in [0.3, 0.4) is 0 Å². The summed E-state index contributed by atoms with van der Waals surface area (Å²) in [6.45, 7) is 10.9. The molecule has 0 amide bonds. The Balaban J connectivity index is 2.12. The minimum atomic E-state index is -0.214. The highest BCUT2D eigenvalue weighted by Crippen LogP contribution is 2.48. The van der Waals surface area contributed by atoms with Crippen LogP contribution >= 0.6 is 0 Å². The molecule has 6 nitrogen and oxygen atoms in total. The molecule has 1 aromatic carbocycles. The van der Waals surface area contributed by atoms with Crippen molar-refractivity contribution in [3.8, 4) is 11.8 Å². The Bertz CT molecular complexity index is 956. The lowest BCUT2D eigenvalue weighted by atomic mass is 9.67. The van der Waals surface area contributed by atoms with E-state index in [1.807, 2.05) is 31.2 Å². The molecular formula is C23H29N5O. The lowest BCUT2D eigenvalue weighted by molar-refractivity contribution is 0.217. The van der Waals surface area contributed by atoms with Crippen LogP contribution in [0.2, 0.25) is 0 Å². The second-order valence-corrected chi connectivity index (χ2v) is 8.58. The highest BCUT2D eigenvalue weighted by atomic mass is 16.5. The van der Waals surface area contributed by atoms with Crippen molar-refractivity contribution in [3.63, 3.8) is 0 Å². The molecule has 2 heterocycles. The Kier molecular flexibility index (Phi) is 5.78. The molecule has 0 fully saturated rings. The highest BCUT2D eigenvalue weighted by molar-refractivity contribution is 5.51. The summed E-state index contributed by atoms with van der Waals surface area (Å²) in [5.74, 6) is 1.06. The maximum absolute atomic E-state index is 9.90. The number of aromatic nitrogens is 3. The Labute approximate surface area is 172 Å². The lowest BCUT2D eigenvalue weighted by Crippen LogP contribution is -2.30. The molecule has 6 heteroatoms. The predicted molar refractivity (Wildman–Crippen MR) is 113 cm³/mol. The van der Waals surface area contributed by atoms with E-state index in [1.54, 1.807) is 11.0 Å². The van der Waals surface area contributed by atoms with Gasteiger partial charge < -0.3 is 10.5 Å². The molecule has 1 aliphatic rings. The van der Waals surface area contributed by atoms with Crippen molar-refractivity contribution in [2.75, 3.05) is 0 Å². The van der Waals surface area contributed by atoms with Crippen molar-refractivity contribution >= 4 is 0 Å². The predicted octanol–water partition coefficient (Wildman–Crippen LogP) is 4.81. The SMILES string of the molecule is CCCC(C1=C(C)OC(N)=C(C#N)C1c1ccc(-n2cncn2)cc1)C(C)(C)C. The molecule has 0 saturated carbocycles. The number of ether oxygens (including phenoxy) is 1. The minimum Gasteiger partial charge on any atom is -0.445 e. The van der Waals surface area contributed by atoms with Crippen LogP contribution in [0.1, 0.15) is 58.9 Å². The molecular weight excluding hydrogens is 362 g/mol. The Morgan fingerprint density at radius 1 is 1.28 bits per heavy atom. The number of hydrogen-bond acceptors (Lipinski definition) is 5. The van der Waals surface area contributed by atoms with E-state index >= 15 is 0 Å². The molecule has 1 aromatic heterocycles. The van der Waals surface area contributed by atoms with Crippen molar-refractivity contribution in [2.24, 2.45) is 17.1 Å². The molecule has 3 rings (SSSR count). The van der Waals surface area contributed by atoms with E-state index in [-0.39, 0.29) is 23.1 Å². The quantitative estimate of drug-likeness (QED) is 0.790. The van der Waals surface area contributed by atoms with Gasteiger partial charge in [0, 0.05) is 5.92 Å². The van der Waals surface area contributed by atoms with E-state index in [4.69, 9.17) is 10.5 Å². The normalized spacial score (nSPS) is 18.4. The first-order valence-electron chi connectivity index (χ1n) is 10.0. The number of nitriles is 1. The van der Waals surface area contributed by atoms with E-state index in [0.29, 0.717) is 5.57 Å². The Morgan fingerprint density at radius 2 is 1.97 bits per heavy atom. The van der Waals surface area contributed by atoms with Crippen LogP contribution in [0, 0.1) is 22.7 Å². The topological polar surface area (TPSA) is 89.8 Å². The molecule has 1 aliphatic heterocycles. The summed E-state index contributed by atoms with van der Waals surface area (Å²) < 4.78 is 7.56. The maximum Gasteiger partial charge on any atom is 0.205 e. The fourth-order valence-electron chi connectivity index (χ4n) is 4.20. The third-order valence-corrected chi connectivity index (χ3v) is 5.56. The van der Waals surface area contributed by atoms with Gasteiger partial charge in [-0.2, -0.15) is 10.4 Å². The van der Waals surface area contributed by atoms with Gasteiger partial charge in [0.2, 0.25) is 5.88 Å². The molecule has 2 aromatic rings. The second-order valence-electron chi connectivity index (χ2n) is 8.58. The van der Waals surface area contributed by atoms with Crippen LogP contribution in [0.5, 0.6) is 0 Å². The first-order chi connectivity index (χ1) is 13.8. The van der Waals surface area contributed by atoms with Crippen LogP contribution in [-0.4, -0.2) is 14.8 Å². The van der Waals surface area contributed by atoms with Crippen LogP contribution in [0.15, 0.2) is 59.7 Å². The van der Waals surface area contributed by atoms with E-state index in [9.17, 15) is 5.26 Å². The van der Waals surface area contributed by atoms with Crippen LogP contribution in [0.25, 0.3) is 5.69 Å². The van der Waals surface area contributed by atoms with Crippen molar-refractivity contribution in [2.45, 2.75) is 53.4 Å². The minimum absolute atomic E-state index is 0.0293. The molecule has 0 radical (unpaired) electrons. The monoisotopic (exact) mass is 391 g/mol. The summed E-state index contributed by atoms with van der Waals surface area (Å²) >= 11 is 0. The third-order valence-electron chi connectivity index (χ3n) is 5.56. The van der Waals surface area contributed by atoms with Gasteiger partial charge in [-0.15, -0.1) is 0 Å². The van der Waals surface area contributed by atoms with Crippen molar-refractivity contribution in [1.82, 2.24) is 14.8 Å². The molecule has 29 heavy (non-hydrogen) atoms. The molecule has 0 saturated heterocycles. The molecule has 2 atom stereocenters. The first-order valence-corrected chi connectivity index (χ1v) is 10.0. The molecule has 0 bridgehead atoms. The van der Waals surface area contributed by atoms with Gasteiger partial charge in [-0.05, 0) is 47.9 Å². The lowest BCUT2D eigenvalue weighted by Gasteiger charge is -2.39.